The highest BCUT2D eigenvalue weighted by molar-refractivity contribution is 6.32. The summed E-state index contributed by atoms with van der Waals surface area (Å²) in [6, 6.07) is 12.9. The Morgan fingerprint density at radius 2 is 1.78 bits per heavy atom. The maximum atomic E-state index is 12.9. The highest BCUT2D eigenvalue weighted by Crippen LogP contribution is 2.27. The van der Waals surface area contributed by atoms with Crippen molar-refractivity contribution in [3.8, 4) is 11.5 Å². The molecule has 0 aliphatic carbocycles. The number of likely N-dealkylation sites (N-methyl/N-ethyl adjacent to an activating group) is 1. The first-order valence-electron chi connectivity index (χ1n) is 9.19. The first-order valence-corrected chi connectivity index (χ1v) is 9.57. The molecule has 2 aromatic carbocycles. The normalized spacial score (nSPS) is 14.9. The van der Waals surface area contributed by atoms with E-state index < -0.39 is 0 Å². The molecule has 5 nitrogen and oxygen atoms in total. The van der Waals surface area contributed by atoms with E-state index in [9.17, 15) is 4.79 Å². The molecule has 1 aliphatic heterocycles. The number of para-hydroxylation sites is 1. The van der Waals surface area contributed by atoms with Crippen LogP contribution in [0, 0.1) is 0 Å². The lowest BCUT2D eigenvalue weighted by molar-refractivity contribution is 0.0664. The van der Waals surface area contributed by atoms with E-state index in [2.05, 4.69) is 11.9 Å². The number of carbonyl (C=O) groups excluding carboxylic acids is 1. The third kappa shape index (κ3) is 4.93. The summed E-state index contributed by atoms with van der Waals surface area (Å²) >= 11 is 6.17. The lowest BCUT2D eigenvalue weighted by Gasteiger charge is -2.32. The zero-order valence-electron chi connectivity index (χ0n) is 15.8. The van der Waals surface area contributed by atoms with Crippen LogP contribution in [0.2, 0.25) is 5.02 Å². The molecule has 6 heteroatoms. The quantitative estimate of drug-likeness (QED) is 0.756. The van der Waals surface area contributed by atoms with E-state index in [1.807, 2.05) is 48.2 Å². The molecule has 0 atom stereocenters. The minimum atomic E-state index is 0.0464. The van der Waals surface area contributed by atoms with Crippen molar-refractivity contribution in [1.82, 2.24) is 9.80 Å². The van der Waals surface area contributed by atoms with E-state index in [4.69, 9.17) is 21.1 Å². The van der Waals surface area contributed by atoms with Crippen molar-refractivity contribution >= 4 is 17.5 Å². The SMILES string of the molecule is CCOc1ccc(C(=O)N2CCN(C)CC2)cc1COc1ccccc1Cl. The van der Waals surface area contributed by atoms with Crippen molar-refractivity contribution in [1.29, 1.82) is 0 Å². The highest BCUT2D eigenvalue weighted by Gasteiger charge is 2.21. The van der Waals surface area contributed by atoms with Crippen LogP contribution in [0.4, 0.5) is 0 Å². The Balaban J connectivity index is 1.77. The molecule has 0 aromatic heterocycles. The molecule has 2 aromatic rings. The number of nitrogens with zero attached hydrogens (tertiary/aromatic N) is 2. The van der Waals surface area contributed by atoms with Crippen LogP contribution < -0.4 is 9.47 Å². The minimum Gasteiger partial charge on any atom is -0.493 e. The van der Waals surface area contributed by atoms with E-state index in [-0.39, 0.29) is 12.5 Å². The van der Waals surface area contributed by atoms with Gasteiger partial charge in [0.05, 0.1) is 11.6 Å². The summed E-state index contributed by atoms with van der Waals surface area (Å²) in [5.74, 6) is 1.38. The number of amides is 1. The van der Waals surface area contributed by atoms with Gasteiger partial charge in [-0.3, -0.25) is 4.79 Å². The summed E-state index contributed by atoms with van der Waals surface area (Å²) in [4.78, 5) is 17.0. The van der Waals surface area contributed by atoms with Crippen LogP contribution in [0.15, 0.2) is 42.5 Å². The predicted octanol–water partition coefficient (Wildman–Crippen LogP) is 3.71. The smallest absolute Gasteiger partial charge is 0.253 e. The molecule has 0 unspecified atom stereocenters. The lowest BCUT2D eigenvalue weighted by Crippen LogP contribution is -2.47. The van der Waals surface area contributed by atoms with E-state index in [0.29, 0.717) is 22.9 Å². The topological polar surface area (TPSA) is 42.0 Å². The van der Waals surface area contributed by atoms with Crippen LogP contribution in [0.25, 0.3) is 0 Å². The Hall–Kier alpha value is -2.24. The van der Waals surface area contributed by atoms with E-state index in [1.165, 1.54) is 0 Å². The van der Waals surface area contributed by atoms with Gasteiger partial charge in [-0.05, 0) is 44.3 Å². The fourth-order valence-electron chi connectivity index (χ4n) is 3.03. The van der Waals surface area contributed by atoms with Crippen LogP contribution in [0.1, 0.15) is 22.8 Å². The van der Waals surface area contributed by atoms with Crippen LogP contribution >= 0.6 is 11.6 Å². The average molecular weight is 389 g/mol. The van der Waals surface area contributed by atoms with Gasteiger partial charge in [-0.2, -0.15) is 0 Å². The van der Waals surface area contributed by atoms with Crippen molar-refractivity contribution in [2.45, 2.75) is 13.5 Å². The van der Waals surface area contributed by atoms with Gasteiger partial charge >= 0.3 is 0 Å². The summed E-state index contributed by atoms with van der Waals surface area (Å²) in [7, 11) is 2.07. The Morgan fingerprint density at radius 1 is 1.04 bits per heavy atom. The number of ether oxygens (including phenoxy) is 2. The molecule has 0 radical (unpaired) electrons. The Bertz CT molecular complexity index is 789. The number of carbonyl (C=O) groups is 1. The van der Waals surface area contributed by atoms with Crippen molar-refractivity contribution in [2.24, 2.45) is 0 Å². The van der Waals surface area contributed by atoms with Crippen molar-refractivity contribution in [3.05, 3.63) is 58.6 Å². The van der Waals surface area contributed by atoms with Gasteiger partial charge in [-0.15, -0.1) is 0 Å². The van der Waals surface area contributed by atoms with Gasteiger partial charge in [0.1, 0.15) is 18.1 Å². The molecule has 3 rings (SSSR count). The number of hydrogen-bond donors (Lipinski definition) is 0. The Labute approximate surface area is 165 Å². The number of piperazine rings is 1. The summed E-state index contributed by atoms with van der Waals surface area (Å²) in [6.45, 7) is 6.04. The molecule has 1 fully saturated rings. The molecular weight excluding hydrogens is 364 g/mol. The number of rotatable bonds is 6. The zero-order chi connectivity index (χ0) is 19.2. The molecular formula is C21H25ClN2O3. The fourth-order valence-corrected chi connectivity index (χ4v) is 3.22. The average Bonchev–Trinajstić information content (AvgIpc) is 2.68. The molecule has 144 valence electrons. The van der Waals surface area contributed by atoms with Gasteiger partial charge in [0.15, 0.2) is 0 Å². The maximum Gasteiger partial charge on any atom is 0.253 e. The molecule has 1 aliphatic rings. The highest BCUT2D eigenvalue weighted by atomic mass is 35.5. The Morgan fingerprint density at radius 3 is 2.48 bits per heavy atom. The van der Waals surface area contributed by atoms with Gasteiger partial charge in [0.2, 0.25) is 0 Å². The fraction of sp³-hybridized carbons (Fsp3) is 0.381. The number of benzene rings is 2. The van der Waals surface area contributed by atoms with Crippen molar-refractivity contribution < 1.29 is 14.3 Å². The van der Waals surface area contributed by atoms with Crippen LogP contribution in [-0.4, -0.2) is 55.5 Å². The Kier molecular flexibility index (Phi) is 6.58. The first-order chi connectivity index (χ1) is 13.1. The van der Waals surface area contributed by atoms with Gasteiger partial charge in [-0.25, -0.2) is 0 Å². The first kappa shape index (κ1) is 19.5. The molecule has 1 saturated heterocycles. The molecule has 0 saturated carbocycles. The third-order valence-corrected chi connectivity index (χ3v) is 4.93. The minimum absolute atomic E-state index is 0.0464. The lowest BCUT2D eigenvalue weighted by atomic mass is 10.1. The van der Waals surface area contributed by atoms with Gasteiger partial charge in [-0.1, -0.05) is 23.7 Å². The predicted molar refractivity (Wildman–Crippen MR) is 107 cm³/mol. The van der Waals surface area contributed by atoms with Crippen LogP contribution in [0.3, 0.4) is 0 Å². The van der Waals surface area contributed by atoms with Gasteiger partial charge in [0, 0.05) is 37.3 Å². The molecule has 0 spiro atoms. The second-order valence-electron chi connectivity index (χ2n) is 6.57. The zero-order valence-corrected chi connectivity index (χ0v) is 16.5. The molecule has 1 amide bonds. The monoisotopic (exact) mass is 388 g/mol. The van der Waals surface area contributed by atoms with Crippen molar-refractivity contribution in [2.75, 3.05) is 39.8 Å². The van der Waals surface area contributed by atoms with Crippen LogP contribution in [0.5, 0.6) is 11.5 Å². The van der Waals surface area contributed by atoms with Gasteiger partial charge < -0.3 is 19.3 Å². The van der Waals surface area contributed by atoms with Crippen molar-refractivity contribution in [3.63, 3.8) is 0 Å². The summed E-state index contributed by atoms with van der Waals surface area (Å²) in [6.07, 6.45) is 0. The largest absolute Gasteiger partial charge is 0.493 e. The molecule has 27 heavy (non-hydrogen) atoms. The van der Waals surface area contributed by atoms with E-state index >= 15 is 0 Å². The van der Waals surface area contributed by atoms with Gasteiger partial charge in [0.25, 0.3) is 5.91 Å². The summed E-state index contributed by atoms with van der Waals surface area (Å²) < 4.78 is 11.6. The van der Waals surface area contributed by atoms with E-state index in [0.717, 1.165) is 37.5 Å². The third-order valence-electron chi connectivity index (χ3n) is 4.62. The second-order valence-corrected chi connectivity index (χ2v) is 6.98. The second kappa shape index (κ2) is 9.11. The van der Waals surface area contributed by atoms with Crippen LogP contribution in [-0.2, 0) is 6.61 Å². The maximum absolute atomic E-state index is 12.9. The molecule has 1 heterocycles. The molecule has 0 N–H and O–H groups in total. The summed E-state index contributed by atoms with van der Waals surface area (Å²) in [5, 5.41) is 0.556. The van der Waals surface area contributed by atoms with E-state index in [1.54, 1.807) is 6.07 Å². The standard InChI is InChI=1S/C21H25ClN2O3/c1-3-26-19-9-8-16(21(25)24-12-10-23(2)11-13-24)14-17(19)15-27-20-7-5-4-6-18(20)22/h4-9,14H,3,10-13,15H2,1-2H3. The number of hydrogen-bond acceptors (Lipinski definition) is 4. The number of halogens is 1. The molecule has 0 bridgehead atoms. The summed E-state index contributed by atoms with van der Waals surface area (Å²) in [5.41, 5.74) is 1.48.